The average molecular weight is 256 g/mol. The van der Waals surface area contributed by atoms with E-state index in [0.29, 0.717) is 5.56 Å². The minimum Gasteiger partial charge on any atom is -0.170 e. The van der Waals surface area contributed by atoms with E-state index in [-0.39, 0.29) is 12.8 Å². The SMILES string of the molecule is Cc1cc2cccc(C3(C(F)(F)F)CC3)c2s1. The lowest BCUT2D eigenvalue weighted by Gasteiger charge is -2.20. The standard InChI is InChI=1S/C13H11F3S/c1-8-7-9-3-2-4-10(11(9)17-8)12(5-6-12)13(14,15)16/h2-4,7H,5-6H2,1H3. The maximum absolute atomic E-state index is 13.1. The molecule has 0 nitrogen and oxygen atoms in total. The summed E-state index contributed by atoms with van der Waals surface area (Å²) < 4.78 is 40.2. The summed E-state index contributed by atoms with van der Waals surface area (Å²) in [5, 5.41) is 0.931. The van der Waals surface area contributed by atoms with Gasteiger partial charge in [0.25, 0.3) is 0 Å². The molecule has 0 amide bonds. The van der Waals surface area contributed by atoms with Gasteiger partial charge in [0.2, 0.25) is 0 Å². The third-order valence-electron chi connectivity index (χ3n) is 3.48. The monoisotopic (exact) mass is 256 g/mol. The minimum absolute atomic E-state index is 0.229. The van der Waals surface area contributed by atoms with Crippen molar-refractivity contribution in [2.45, 2.75) is 31.4 Å². The molecule has 0 aliphatic heterocycles. The number of rotatable bonds is 1. The van der Waals surface area contributed by atoms with Gasteiger partial charge in [-0.25, -0.2) is 0 Å². The van der Waals surface area contributed by atoms with Gasteiger partial charge in [-0.05, 0) is 36.8 Å². The predicted molar refractivity (Wildman–Crippen MR) is 63.5 cm³/mol. The first-order chi connectivity index (χ1) is 7.94. The van der Waals surface area contributed by atoms with Crippen LogP contribution in [-0.2, 0) is 5.41 Å². The van der Waals surface area contributed by atoms with Crippen molar-refractivity contribution in [2.75, 3.05) is 0 Å². The van der Waals surface area contributed by atoms with Crippen molar-refractivity contribution < 1.29 is 13.2 Å². The quantitative estimate of drug-likeness (QED) is 0.687. The Morgan fingerprint density at radius 2 is 1.94 bits per heavy atom. The molecule has 3 rings (SSSR count). The van der Waals surface area contributed by atoms with E-state index in [2.05, 4.69) is 0 Å². The zero-order valence-corrected chi connectivity index (χ0v) is 10.1. The second kappa shape index (κ2) is 3.25. The van der Waals surface area contributed by atoms with Crippen LogP contribution in [0.5, 0.6) is 0 Å². The van der Waals surface area contributed by atoms with Crippen LogP contribution in [0.15, 0.2) is 24.3 Å². The molecule has 0 bridgehead atoms. The molecule has 90 valence electrons. The van der Waals surface area contributed by atoms with Gasteiger partial charge in [-0.1, -0.05) is 18.2 Å². The lowest BCUT2D eigenvalue weighted by atomic mass is 9.94. The number of aryl methyl sites for hydroxylation is 1. The molecule has 0 saturated heterocycles. The highest BCUT2D eigenvalue weighted by atomic mass is 32.1. The Labute approximate surface area is 101 Å². The first kappa shape index (κ1) is 11.1. The molecule has 0 spiro atoms. The molecule has 2 aromatic rings. The van der Waals surface area contributed by atoms with Crippen molar-refractivity contribution in [1.82, 2.24) is 0 Å². The van der Waals surface area contributed by atoms with Gasteiger partial charge in [0.1, 0.15) is 0 Å². The molecule has 4 heteroatoms. The molecule has 0 radical (unpaired) electrons. The fourth-order valence-electron chi connectivity index (χ4n) is 2.40. The topological polar surface area (TPSA) is 0 Å². The summed E-state index contributed by atoms with van der Waals surface area (Å²) in [4.78, 5) is 1.06. The van der Waals surface area contributed by atoms with Crippen LogP contribution in [0.4, 0.5) is 13.2 Å². The summed E-state index contributed by atoms with van der Waals surface area (Å²) in [7, 11) is 0. The van der Waals surface area contributed by atoms with Crippen LogP contribution in [0.1, 0.15) is 23.3 Å². The summed E-state index contributed by atoms with van der Waals surface area (Å²) in [5.41, 5.74) is -1.09. The van der Waals surface area contributed by atoms with Crippen LogP contribution in [0, 0.1) is 6.92 Å². The normalized spacial score (nSPS) is 18.6. The average Bonchev–Trinajstić information content (AvgIpc) is 2.94. The van der Waals surface area contributed by atoms with E-state index < -0.39 is 11.6 Å². The van der Waals surface area contributed by atoms with Crippen molar-refractivity contribution in [3.05, 3.63) is 34.7 Å². The smallest absolute Gasteiger partial charge is 0.170 e. The van der Waals surface area contributed by atoms with Crippen LogP contribution < -0.4 is 0 Å². The van der Waals surface area contributed by atoms with Crippen molar-refractivity contribution in [3.8, 4) is 0 Å². The molecule has 0 atom stereocenters. The fourth-order valence-corrected chi connectivity index (χ4v) is 3.53. The van der Waals surface area contributed by atoms with E-state index >= 15 is 0 Å². The van der Waals surface area contributed by atoms with E-state index in [9.17, 15) is 13.2 Å². The summed E-state index contributed by atoms with van der Waals surface area (Å²) in [6.45, 7) is 1.93. The van der Waals surface area contributed by atoms with Crippen LogP contribution >= 0.6 is 11.3 Å². The third kappa shape index (κ3) is 1.50. The Balaban J connectivity index is 2.25. The maximum atomic E-state index is 13.1. The van der Waals surface area contributed by atoms with Crippen LogP contribution in [0.2, 0.25) is 0 Å². The number of alkyl halides is 3. The van der Waals surface area contributed by atoms with Crippen molar-refractivity contribution >= 4 is 21.4 Å². The molecule has 1 fully saturated rings. The van der Waals surface area contributed by atoms with Gasteiger partial charge in [0, 0.05) is 9.58 Å². The van der Waals surface area contributed by atoms with Crippen LogP contribution in [-0.4, -0.2) is 6.18 Å². The van der Waals surface area contributed by atoms with Gasteiger partial charge in [-0.3, -0.25) is 0 Å². The van der Waals surface area contributed by atoms with E-state index in [0.717, 1.165) is 15.0 Å². The molecule has 0 unspecified atom stereocenters. The number of fused-ring (bicyclic) bond motifs is 1. The Morgan fingerprint density at radius 1 is 1.24 bits per heavy atom. The highest BCUT2D eigenvalue weighted by Gasteiger charge is 2.64. The largest absolute Gasteiger partial charge is 0.398 e. The van der Waals surface area contributed by atoms with Gasteiger partial charge in [0.05, 0.1) is 5.41 Å². The zero-order valence-electron chi connectivity index (χ0n) is 9.27. The minimum atomic E-state index is -4.13. The Bertz CT molecular complexity index is 576. The highest BCUT2D eigenvalue weighted by Crippen LogP contribution is 2.60. The second-order valence-corrected chi connectivity index (χ2v) is 5.92. The van der Waals surface area contributed by atoms with Gasteiger partial charge in [-0.2, -0.15) is 13.2 Å². The predicted octanol–water partition coefficient (Wildman–Crippen LogP) is 4.80. The first-order valence-electron chi connectivity index (χ1n) is 5.50. The third-order valence-corrected chi connectivity index (χ3v) is 4.58. The van der Waals surface area contributed by atoms with Crippen molar-refractivity contribution in [2.24, 2.45) is 0 Å². The molecule has 1 aliphatic carbocycles. The van der Waals surface area contributed by atoms with Crippen molar-refractivity contribution in [3.63, 3.8) is 0 Å². The van der Waals surface area contributed by atoms with Gasteiger partial charge >= 0.3 is 6.18 Å². The van der Waals surface area contributed by atoms with Gasteiger partial charge < -0.3 is 0 Å². The fraction of sp³-hybridized carbons (Fsp3) is 0.385. The summed E-state index contributed by atoms with van der Waals surface area (Å²) in [6.07, 6.45) is -3.67. The molecule has 1 aromatic heterocycles. The van der Waals surface area contributed by atoms with E-state index in [4.69, 9.17) is 0 Å². The first-order valence-corrected chi connectivity index (χ1v) is 6.32. The maximum Gasteiger partial charge on any atom is 0.398 e. The summed E-state index contributed by atoms with van der Waals surface area (Å²) in [5.74, 6) is 0. The number of benzene rings is 1. The number of hydrogen-bond donors (Lipinski definition) is 0. The number of hydrogen-bond acceptors (Lipinski definition) is 1. The second-order valence-electron chi connectivity index (χ2n) is 4.66. The molecule has 0 N–H and O–H groups in total. The molecule has 1 aliphatic rings. The summed E-state index contributed by atoms with van der Waals surface area (Å²) in [6, 6.07) is 7.21. The van der Waals surface area contributed by atoms with Gasteiger partial charge in [0.15, 0.2) is 0 Å². The number of thiophene rings is 1. The van der Waals surface area contributed by atoms with Crippen molar-refractivity contribution in [1.29, 1.82) is 0 Å². The highest BCUT2D eigenvalue weighted by molar-refractivity contribution is 7.19. The molecule has 1 aromatic carbocycles. The van der Waals surface area contributed by atoms with Crippen LogP contribution in [0.25, 0.3) is 10.1 Å². The van der Waals surface area contributed by atoms with E-state index in [1.165, 1.54) is 11.3 Å². The van der Waals surface area contributed by atoms with Gasteiger partial charge in [-0.15, -0.1) is 11.3 Å². The Morgan fingerprint density at radius 3 is 2.53 bits per heavy atom. The van der Waals surface area contributed by atoms with E-state index in [1.807, 2.05) is 19.1 Å². The molecular formula is C13H11F3S. The molecule has 1 heterocycles. The van der Waals surface area contributed by atoms with Crippen LogP contribution in [0.3, 0.4) is 0 Å². The summed E-state index contributed by atoms with van der Waals surface area (Å²) >= 11 is 1.46. The lowest BCUT2D eigenvalue weighted by Crippen LogP contribution is -2.28. The molecule has 17 heavy (non-hydrogen) atoms. The lowest BCUT2D eigenvalue weighted by molar-refractivity contribution is -0.160. The molecular weight excluding hydrogens is 245 g/mol. The Hall–Kier alpha value is -1.03. The van der Waals surface area contributed by atoms with E-state index in [1.54, 1.807) is 12.1 Å². The number of halogens is 3. The Kier molecular flexibility index (Phi) is 2.12. The zero-order chi connectivity index (χ0) is 12.3. The molecule has 1 saturated carbocycles.